The normalized spacial score (nSPS) is 12.7. The quantitative estimate of drug-likeness (QED) is 0.809. The molecule has 0 saturated carbocycles. The van der Waals surface area contributed by atoms with Crippen LogP contribution in [0.3, 0.4) is 0 Å². The monoisotopic (exact) mass is 271 g/mol. The van der Waals surface area contributed by atoms with Crippen LogP contribution in [0.4, 0.5) is 0 Å². The Morgan fingerprint density at radius 2 is 2.06 bits per heavy atom. The molecule has 0 aromatic carbocycles. The summed E-state index contributed by atoms with van der Waals surface area (Å²) < 4.78 is 2.58. The van der Waals surface area contributed by atoms with Crippen LogP contribution in [0.5, 0.6) is 0 Å². The van der Waals surface area contributed by atoms with Crippen molar-refractivity contribution < 1.29 is 0 Å². The molecule has 0 radical (unpaired) electrons. The molecule has 102 valence electrons. The fourth-order valence-electron chi connectivity index (χ4n) is 1.69. The molecule has 0 aliphatic carbocycles. The summed E-state index contributed by atoms with van der Waals surface area (Å²) in [5, 5.41) is 3.31. The topological polar surface area (TPSA) is 56.0 Å². The van der Waals surface area contributed by atoms with Crippen molar-refractivity contribution in [1.29, 1.82) is 0 Å². The molecule has 1 N–H and O–H groups in total. The number of hydrogen-bond donors (Lipinski definition) is 1. The molecule has 0 aliphatic heterocycles. The SMILES string of the molecule is CSCCC(C)NCc1cn(C)c(=O)n(C)c1=O. The molecule has 18 heavy (non-hydrogen) atoms. The van der Waals surface area contributed by atoms with Crippen molar-refractivity contribution in [1.82, 2.24) is 14.5 Å². The van der Waals surface area contributed by atoms with Crippen molar-refractivity contribution in [2.45, 2.75) is 25.9 Å². The predicted octanol–water partition coefficient (Wildman–Crippen LogP) is 0.315. The van der Waals surface area contributed by atoms with Crippen LogP contribution in [0.2, 0.25) is 0 Å². The van der Waals surface area contributed by atoms with E-state index in [1.54, 1.807) is 13.2 Å². The Labute approximate surface area is 111 Å². The summed E-state index contributed by atoms with van der Waals surface area (Å²) in [5.74, 6) is 1.10. The first-order valence-electron chi connectivity index (χ1n) is 5.95. The first-order valence-corrected chi connectivity index (χ1v) is 7.34. The van der Waals surface area contributed by atoms with Crippen molar-refractivity contribution in [3.63, 3.8) is 0 Å². The maximum atomic E-state index is 11.9. The van der Waals surface area contributed by atoms with E-state index in [0.29, 0.717) is 18.2 Å². The van der Waals surface area contributed by atoms with Gasteiger partial charge in [0.2, 0.25) is 0 Å². The molecule has 1 heterocycles. The van der Waals surface area contributed by atoms with Gasteiger partial charge in [-0.2, -0.15) is 11.8 Å². The Kier molecular flexibility index (Phi) is 5.68. The second kappa shape index (κ2) is 6.80. The van der Waals surface area contributed by atoms with Crippen LogP contribution in [0, 0.1) is 0 Å². The summed E-state index contributed by atoms with van der Waals surface area (Å²) in [6.45, 7) is 2.60. The van der Waals surface area contributed by atoms with Gasteiger partial charge in [0.15, 0.2) is 0 Å². The van der Waals surface area contributed by atoms with Crippen LogP contribution < -0.4 is 16.6 Å². The third kappa shape index (κ3) is 3.74. The molecule has 0 fully saturated rings. The van der Waals surface area contributed by atoms with Crippen LogP contribution in [0.1, 0.15) is 18.9 Å². The maximum Gasteiger partial charge on any atom is 0.330 e. The van der Waals surface area contributed by atoms with Crippen molar-refractivity contribution >= 4 is 11.8 Å². The average Bonchev–Trinajstić information content (AvgIpc) is 2.36. The Morgan fingerprint density at radius 1 is 1.39 bits per heavy atom. The highest BCUT2D eigenvalue weighted by Gasteiger charge is 2.08. The van der Waals surface area contributed by atoms with Crippen molar-refractivity contribution in [3.05, 3.63) is 32.6 Å². The molecule has 0 aliphatic rings. The summed E-state index contributed by atoms with van der Waals surface area (Å²) in [5.41, 5.74) is 0.109. The highest BCUT2D eigenvalue weighted by molar-refractivity contribution is 7.98. The second-order valence-corrected chi connectivity index (χ2v) is 5.46. The zero-order valence-corrected chi connectivity index (χ0v) is 12.2. The zero-order valence-electron chi connectivity index (χ0n) is 11.4. The molecule has 0 amide bonds. The van der Waals surface area contributed by atoms with E-state index in [1.807, 2.05) is 11.8 Å². The third-order valence-electron chi connectivity index (χ3n) is 2.91. The van der Waals surface area contributed by atoms with E-state index < -0.39 is 0 Å². The second-order valence-electron chi connectivity index (χ2n) is 4.48. The van der Waals surface area contributed by atoms with E-state index in [0.717, 1.165) is 16.7 Å². The summed E-state index contributed by atoms with van der Waals surface area (Å²) in [6.07, 6.45) is 4.75. The number of nitrogens with one attached hydrogen (secondary N) is 1. The third-order valence-corrected chi connectivity index (χ3v) is 3.56. The van der Waals surface area contributed by atoms with E-state index in [-0.39, 0.29) is 11.2 Å². The van der Waals surface area contributed by atoms with Gasteiger partial charge in [0.25, 0.3) is 5.56 Å². The molecule has 1 aromatic rings. The first kappa shape index (κ1) is 15.0. The van der Waals surface area contributed by atoms with E-state index in [9.17, 15) is 9.59 Å². The molecule has 1 atom stereocenters. The van der Waals surface area contributed by atoms with Crippen LogP contribution in [0.25, 0.3) is 0 Å². The van der Waals surface area contributed by atoms with Crippen molar-refractivity contribution in [2.24, 2.45) is 14.1 Å². The van der Waals surface area contributed by atoms with E-state index in [1.165, 1.54) is 11.6 Å². The van der Waals surface area contributed by atoms with Crippen LogP contribution >= 0.6 is 11.8 Å². The highest BCUT2D eigenvalue weighted by atomic mass is 32.2. The Hall–Kier alpha value is -1.01. The maximum absolute atomic E-state index is 11.9. The Bertz CT molecular complexity index is 507. The lowest BCUT2D eigenvalue weighted by Gasteiger charge is -2.13. The van der Waals surface area contributed by atoms with Crippen molar-refractivity contribution in [3.8, 4) is 0 Å². The minimum absolute atomic E-state index is 0.220. The molecule has 1 unspecified atom stereocenters. The molecule has 0 spiro atoms. The minimum atomic E-state index is -0.292. The number of nitrogens with zero attached hydrogens (tertiary/aromatic N) is 2. The molecule has 5 nitrogen and oxygen atoms in total. The van der Waals surface area contributed by atoms with Gasteiger partial charge in [-0.05, 0) is 25.4 Å². The number of aryl methyl sites for hydroxylation is 1. The predicted molar refractivity (Wildman–Crippen MR) is 76.2 cm³/mol. The first-order chi connectivity index (χ1) is 8.47. The standard InChI is InChI=1S/C12H21N3O2S/c1-9(5-6-18-4)13-7-10-8-14(2)12(17)15(3)11(10)16/h8-9,13H,5-7H2,1-4H3. The van der Waals surface area contributed by atoms with Crippen LogP contribution in [-0.2, 0) is 20.6 Å². The fraction of sp³-hybridized carbons (Fsp3) is 0.667. The summed E-state index contributed by atoms with van der Waals surface area (Å²) in [6, 6.07) is 0.361. The lowest BCUT2D eigenvalue weighted by atomic mass is 10.2. The van der Waals surface area contributed by atoms with E-state index in [4.69, 9.17) is 0 Å². The highest BCUT2D eigenvalue weighted by Crippen LogP contribution is 2.00. The van der Waals surface area contributed by atoms with Gasteiger partial charge in [0.1, 0.15) is 0 Å². The zero-order chi connectivity index (χ0) is 13.7. The fourth-order valence-corrected chi connectivity index (χ4v) is 2.27. The lowest BCUT2D eigenvalue weighted by Crippen LogP contribution is -2.40. The Balaban J connectivity index is 2.74. The molecule has 6 heteroatoms. The lowest BCUT2D eigenvalue weighted by molar-refractivity contribution is 0.527. The van der Waals surface area contributed by atoms with Gasteiger partial charge >= 0.3 is 5.69 Å². The Morgan fingerprint density at radius 3 is 2.67 bits per heavy atom. The summed E-state index contributed by atoms with van der Waals surface area (Å²) in [7, 11) is 3.16. The summed E-state index contributed by atoms with van der Waals surface area (Å²) in [4.78, 5) is 23.4. The molecular formula is C12H21N3O2S. The molecule has 1 aromatic heterocycles. The van der Waals surface area contributed by atoms with Gasteiger partial charge in [-0.15, -0.1) is 0 Å². The average molecular weight is 271 g/mol. The minimum Gasteiger partial charge on any atom is -0.310 e. The van der Waals surface area contributed by atoms with Crippen molar-refractivity contribution in [2.75, 3.05) is 12.0 Å². The summed E-state index contributed by atoms with van der Waals surface area (Å²) >= 11 is 1.81. The number of rotatable bonds is 6. The number of hydrogen-bond acceptors (Lipinski definition) is 4. The molecule has 0 saturated heterocycles. The number of thioether (sulfide) groups is 1. The van der Waals surface area contributed by atoms with Gasteiger partial charge in [-0.3, -0.25) is 9.36 Å². The van der Waals surface area contributed by atoms with Gasteiger partial charge < -0.3 is 9.88 Å². The van der Waals surface area contributed by atoms with Gasteiger partial charge in [-0.1, -0.05) is 0 Å². The van der Waals surface area contributed by atoms with Crippen LogP contribution in [-0.4, -0.2) is 27.2 Å². The van der Waals surface area contributed by atoms with E-state index in [2.05, 4.69) is 18.5 Å². The van der Waals surface area contributed by atoms with E-state index >= 15 is 0 Å². The molecule has 1 rings (SSSR count). The van der Waals surface area contributed by atoms with Gasteiger partial charge in [-0.25, -0.2) is 4.79 Å². The molecule has 0 bridgehead atoms. The van der Waals surface area contributed by atoms with Gasteiger partial charge in [0, 0.05) is 38.4 Å². The van der Waals surface area contributed by atoms with Crippen LogP contribution in [0.15, 0.2) is 15.8 Å². The largest absolute Gasteiger partial charge is 0.330 e. The smallest absolute Gasteiger partial charge is 0.310 e. The molecular weight excluding hydrogens is 250 g/mol. The van der Waals surface area contributed by atoms with Gasteiger partial charge in [0.05, 0.1) is 0 Å². The number of aromatic nitrogens is 2.